The molecule has 0 aliphatic carbocycles. The number of halogens is 11. The smallest absolute Gasteiger partial charge is 0.147 e. The number of aliphatic hydroxyl groups is 2. The monoisotopic (exact) mass is 1580 g/mol. The van der Waals surface area contributed by atoms with Gasteiger partial charge in [0.15, 0.2) is 0 Å². The van der Waals surface area contributed by atoms with Crippen LogP contribution in [-0.4, -0.2) is 68.2 Å². The Balaban J connectivity index is 1.05. The first kappa shape index (κ1) is 53.6. The average Bonchev–Trinajstić information content (AvgIpc) is 4.03. The van der Waals surface area contributed by atoms with Gasteiger partial charge in [0.1, 0.15) is 80.1 Å². The molecule has 344 valence electrons. The van der Waals surface area contributed by atoms with E-state index in [0.717, 1.165) is 74.9 Å². The molecule has 1 fully saturated rings. The minimum absolute atomic E-state index is 0.00822. The molecule has 0 amide bonds. The fraction of sp³-hybridized carbons (Fsp3) is 0.333. The van der Waals surface area contributed by atoms with Gasteiger partial charge in [-0.3, -0.25) is 0 Å². The van der Waals surface area contributed by atoms with Crippen LogP contribution in [0.15, 0.2) is 110 Å². The van der Waals surface area contributed by atoms with Gasteiger partial charge in [-0.05, 0) is 242 Å². The van der Waals surface area contributed by atoms with E-state index in [9.17, 15) is 10.2 Å². The molecule has 0 aromatic heterocycles. The van der Waals surface area contributed by atoms with Crippen LogP contribution in [0.25, 0.3) is 0 Å². The molecule has 5 aromatic carbocycles. The molecule has 1 saturated heterocycles. The summed E-state index contributed by atoms with van der Waals surface area (Å²) in [7, 11) is 0. The molecule has 1 heterocycles. The molecule has 0 spiro atoms. The van der Waals surface area contributed by atoms with Crippen molar-refractivity contribution in [3.8, 4) is 28.7 Å². The third-order valence-electron chi connectivity index (χ3n) is 10.3. The predicted octanol–water partition coefficient (Wildman–Crippen LogP) is 16.1. The normalized spacial score (nSPS) is 14.9. The number of hydrogen-bond acceptors (Lipinski definition) is 8. The van der Waals surface area contributed by atoms with Crippen LogP contribution in [0.2, 0.25) is 0 Å². The number of ether oxygens (including phenoxy) is 6. The molecule has 3 atom stereocenters. The topological polar surface area (TPSA) is 99.1 Å². The summed E-state index contributed by atoms with van der Waals surface area (Å²) in [6.07, 6.45) is -1.67. The van der Waals surface area contributed by atoms with Gasteiger partial charge < -0.3 is 38.6 Å². The second kappa shape index (κ2) is 23.0. The minimum atomic E-state index is -0.938. The van der Waals surface area contributed by atoms with E-state index in [2.05, 4.69) is 215 Å². The van der Waals surface area contributed by atoms with Crippen molar-refractivity contribution in [3.63, 3.8) is 0 Å². The van der Waals surface area contributed by atoms with Crippen molar-refractivity contribution in [3.05, 3.63) is 132 Å². The summed E-state index contributed by atoms with van der Waals surface area (Å²) in [5, 5.41) is 21.7. The van der Waals surface area contributed by atoms with E-state index in [1.165, 1.54) is 0 Å². The fourth-order valence-corrected chi connectivity index (χ4v) is 14.5. The highest BCUT2D eigenvalue weighted by Crippen LogP contribution is 2.46. The molecule has 1 aliphatic heterocycles. The lowest BCUT2D eigenvalue weighted by Crippen LogP contribution is -2.26. The van der Waals surface area contributed by atoms with Gasteiger partial charge in [0.25, 0.3) is 0 Å². The molecule has 3 unspecified atom stereocenters. The molecule has 0 radical (unpaired) electrons. The van der Waals surface area contributed by atoms with Crippen molar-refractivity contribution in [2.45, 2.75) is 56.8 Å². The maximum atomic E-state index is 11.0. The van der Waals surface area contributed by atoms with Crippen molar-refractivity contribution in [2.75, 3.05) is 39.6 Å². The van der Waals surface area contributed by atoms with E-state index in [0.29, 0.717) is 38.6 Å². The van der Waals surface area contributed by atoms with Gasteiger partial charge in [-0.15, -0.1) is 0 Å². The standard InChI is InChI=1S/C45H39Br11O8/c1-44(2,22-7-31(49)41(32(50)8-22)62-17-27(58)18-63-43-37(55)13-25(46)14-38(43)56)21-5-29(47)39(30(48)6-21)60-15-26(57)16-61-40-33(51)9-23(10-34(40)52)45(3,4)24-11-35(53)42(36(54)12-24)64-20-28-19-59-28/h5-14,26-28,57-58H,15-20H2,1-4H3. The quantitative estimate of drug-likeness (QED) is 0.0789. The van der Waals surface area contributed by atoms with Gasteiger partial charge in [0, 0.05) is 15.3 Å². The summed E-state index contributed by atoms with van der Waals surface area (Å²) in [5.74, 6) is 3.01. The fourth-order valence-electron chi connectivity index (χ4n) is 6.39. The lowest BCUT2D eigenvalue weighted by atomic mass is 9.78. The summed E-state index contributed by atoms with van der Waals surface area (Å²) < 4.78 is 43.9. The van der Waals surface area contributed by atoms with Crippen molar-refractivity contribution in [2.24, 2.45) is 0 Å². The summed E-state index contributed by atoms with van der Waals surface area (Å²) in [5.41, 5.74) is 3.26. The molecule has 2 N–H and O–H groups in total. The molecular formula is C45H39Br11O8. The van der Waals surface area contributed by atoms with Crippen LogP contribution in [0.4, 0.5) is 0 Å². The van der Waals surface area contributed by atoms with Crippen LogP contribution in [0, 0.1) is 0 Å². The van der Waals surface area contributed by atoms with Gasteiger partial charge in [-0.1, -0.05) is 43.6 Å². The van der Waals surface area contributed by atoms with E-state index in [1.807, 2.05) is 48.5 Å². The lowest BCUT2D eigenvalue weighted by molar-refractivity contribution is 0.0615. The van der Waals surface area contributed by atoms with Crippen molar-refractivity contribution in [1.29, 1.82) is 0 Å². The Labute approximate surface area is 465 Å². The van der Waals surface area contributed by atoms with Crippen molar-refractivity contribution in [1.82, 2.24) is 0 Å². The first-order chi connectivity index (χ1) is 30.1. The molecule has 64 heavy (non-hydrogen) atoms. The Morgan fingerprint density at radius 3 is 0.891 bits per heavy atom. The van der Waals surface area contributed by atoms with Crippen molar-refractivity contribution >= 4 is 175 Å². The third kappa shape index (κ3) is 13.4. The highest BCUT2D eigenvalue weighted by Gasteiger charge is 2.30. The van der Waals surface area contributed by atoms with Crippen LogP contribution >= 0.6 is 175 Å². The van der Waals surface area contributed by atoms with Crippen LogP contribution in [-0.2, 0) is 15.6 Å². The van der Waals surface area contributed by atoms with Crippen molar-refractivity contribution < 1.29 is 38.6 Å². The summed E-state index contributed by atoms with van der Waals surface area (Å²) in [6.45, 7) is 9.81. The first-order valence-electron chi connectivity index (χ1n) is 19.3. The number of aliphatic hydroxyl groups excluding tert-OH is 2. The molecule has 0 saturated carbocycles. The van der Waals surface area contributed by atoms with Gasteiger partial charge in [0.05, 0.1) is 51.3 Å². The Morgan fingerprint density at radius 2 is 0.656 bits per heavy atom. The Morgan fingerprint density at radius 1 is 0.438 bits per heavy atom. The SMILES string of the molecule is CC(C)(c1cc(Br)c(OCC(O)COc2c(Br)cc(Br)cc2Br)c(Br)c1)c1cc(Br)c(OCC(O)COc2c(Br)cc(C(C)(C)c3cc(Br)c(OCC4CO4)c(Br)c3)cc2Br)c(Br)c1. The molecule has 6 rings (SSSR count). The predicted molar refractivity (Wildman–Crippen MR) is 290 cm³/mol. The average molecular weight is 1590 g/mol. The minimum Gasteiger partial charge on any atom is -0.488 e. The largest absolute Gasteiger partial charge is 0.488 e. The Bertz CT molecular complexity index is 2400. The number of benzene rings is 5. The van der Waals surface area contributed by atoms with Crippen LogP contribution in [0.5, 0.6) is 28.7 Å². The van der Waals surface area contributed by atoms with Crippen LogP contribution < -0.4 is 23.7 Å². The number of epoxide rings is 1. The van der Waals surface area contributed by atoms with Gasteiger partial charge in [-0.2, -0.15) is 0 Å². The number of rotatable bonds is 19. The van der Waals surface area contributed by atoms with E-state index >= 15 is 0 Å². The van der Waals surface area contributed by atoms with E-state index < -0.39 is 17.6 Å². The molecular weight excluding hydrogens is 1550 g/mol. The second-order valence-electron chi connectivity index (χ2n) is 15.8. The zero-order valence-corrected chi connectivity index (χ0v) is 51.7. The molecule has 5 aromatic rings. The van der Waals surface area contributed by atoms with E-state index in [-0.39, 0.29) is 37.9 Å². The Hall–Kier alpha value is 0.260. The maximum Gasteiger partial charge on any atom is 0.147 e. The maximum absolute atomic E-state index is 11.0. The molecule has 8 nitrogen and oxygen atoms in total. The highest BCUT2D eigenvalue weighted by atomic mass is 79.9. The molecule has 1 aliphatic rings. The summed E-state index contributed by atoms with van der Waals surface area (Å²) in [6, 6.07) is 20.0. The highest BCUT2D eigenvalue weighted by molar-refractivity contribution is 9.12. The molecule has 0 bridgehead atoms. The van der Waals surface area contributed by atoms with Gasteiger partial charge in [-0.25, -0.2) is 0 Å². The van der Waals surface area contributed by atoms with E-state index in [1.54, 1.807) is 0 Å². The lowest BCUT2D eigenvalue weighted by Gasteiger charge is -2.29. The second-order valence-corrected chi connectivity index (χ2v) is 25.3. The first-order valence-corrected chi connectivity index (χ1v) is 28.0. The van der Waals surface area contributed by atoms with Gasteiger partial charge >= 0.3 is 0 Å². The Kier molecular flexibility index (Phi) is 19.3. The number of hydrogen-bond donors (Lipinski definition) is 2. The third-order valence-corrected chi connectivity index (χ3v) is 16.7. The molecule has 19 heteroatoms. The summed E-state index contributed by atoms with van der Waals surface area (Å²) >= 11 is 40.1. The van der Waals surface area contributed by atoms with E-state index in [4.69, 9.17) is 28.4 Å². The van der Waals surface area contributed by atoms with Crippen LogP contribution in [0.3, 0.4) is 0 Å². The van der Waals surface area contributed by atoms with Crippen LogP contribution in [0.1, 0.15) is 49.9 Å². The van der Waals surface area contributed by atoms with Gasteiger partial charge in [0.2, 0.25) is 0 Å². The summed E-state index contributed by atoms with van der Waals surface area (Å²) in [4.78, 5) is 0. The zero-order chi connectivity index (χ0) is 46.8. The zero-order valence-electron chi connectivity index (χ0n) is 34.2.